The Kier molecular flexibility index (Phi) is 3.62. The van der Waals surface area contributed by atoms with Gasteiger partial charge in [0.1, 0.15) is 12.1 Å². The lowest BCUT2D eigenvalue weighted by molar-refractivity contribution is -0.385. The molecule has 0 unspecified atom stereocenters. The molecule has 120 valence electrons. The molecule has 0 saturated heterocycles. The highest BCUT2D eigenvalue weighted by Crippen LogP contribution is 2.38. The Morgan fingerprint density at radius 1 is 0.958 bits per heavy atom. The molecule has 3 aromatic rings. The number of benzene rings is 2. The zero-order valence-electron chi connectivity index (χ0n) is 11.9. The molecule has 2 aromatic carbocycles. The maximum absolute atomic E-state index is 11.1. The van der Waals surface area contributed by atoms with Gasteiger partial charge in [0.15, 0.2) is 0 Å². The van der Waals surface area contributed by atoms with Crippen LogP contribution in [0.4, 0.5) is 17.2 Å². The molecule has 0 aliphatic heterocycles. The zero-order chi connectivity index (χ0) is 17.3. The van der Waals surface area contributed by atoms with E-state index in [4.69, 9.17) is 10.5 Å². The van der Waals surface area contributed by atoms with Gasteiger partial charge in [-0.25, -0.2) is 4.98 Å². The predicted molar refractivity (Wildman–Crippen MR) is 83.8 cm³/mol. The molecule has 0 radical (unpaired) electrons. The molecule has 2 N–H and O–H groups in total. The number of aromatic nitrogens is 2. The number of nitrogens with zero attached hydrogens (tertiary/aromatic N) is 4. The first-order valence-corrected chi connectivity index (χ1v) is 6.58. The summed E-state index contributed by atoms with van der Waals surface area (Å²) >= 11 is 0. The van der Waals surface area contributed by atoms with Gasteiger partial charge < -0.3 is 10.5 Å². The van der Waals surface area contributed by atoms with Gasteiger partial charge in [-0.05, 0) is 12.1 Å². The average molecular weight is 327 g/mol. The topological polar surface area (TPSA) is 147 Å². The minimum Gasteiger partial charge on any atom is -0.433 e. The Morgan fingerprint density at radius 3 is 2.33 bits per heavy atom. The number of nitrogen functional groups attached to an aromatic ring is 1. The number of nitrogens with two attached hydrogens (primary N) is 1. The minimum absolute atomic E-state index is 0.102. The molecule has 0 amide bonds. The molecule has 0 spiro atoms. The lowest BCUT2D eigenvalue weighted by atomic mass is 10.1. The van der Waals surface area contributed by atoms with Crippen LogP contribution < -0.4 is 10.5 Å². The van der Waals surface area contributed by atoms with E-state index in [1.807, 2.05) is 0 Å². The fourth-order valence-electron chi connectivity index (χ4n) is 2.23. The highest BCUT2D eigenvalue weighted by molar-refractivity contribution is 5.95. The van der Waals surface area contributed by atoms with Crippen LogP contribution in [0.3, 0.4) is 0 Å². The fourth-order valence-corrected chi connectivity index (χ4v) is 2.23. The molecule has 0 atom stereocenters. The van der Waals surface area contributed by atoms with Gasteiger partial charge in [0.25, 0.3) is 5.69 Å². The van der Waals surface area contributed by atoms with Crippen molar-refractivity contribution in [2.24, 2.45) is 0 Å². The van der Waals surface area contributed by atoms with Crippen LogP contribution >= 0.6 is 0 Å². The number of anilines is 1. The molecule has 0 bridgehead atoms. The second-order valence-corrected chi connectivity index (χ2v) is 4.66. The Hall–Kier alpha value is -3.82. The van der Waals surface area contributed by atoms with E-state index in [0.29, 0.717) is 10.8 Å². The number of nitro groups is 2. The van der Waals surface area contributed by atoms with Gasteiger partial charge in [0.05, 0.1) is 15.2 Å². The molecule has 0 fully saturated rings. The van der Waals surface area contributed by atoms with Crippen molar-refractivity contribution >= 4 is 28.0 Å². The van der Waals surface area contributed by atoms with E-state index in [1.54, 1.807) is 24.3 Å². The Labute approximate surface area is 133 Å². The van der Waals surface area contributed by atoms with Crippen LogP contribution in [0, 0.1) is 20.2 Å². The monoisotopic (exact) mass is 327 g/mol. The maximum atomic E-state index is 11.1. The first-order chi connectivity index (χ1) is 11.5. The van der Waals surface area contributed by atoms with Gasteiger partial charge in [-0.3, -0.25) is 20.2 Å². The number of nitro benzene ring substituents is 1. The van der Waals surface area contributed by atoms with Crippen molar-refractivity contribution in [2.75, 3.05) is 5.73 Å². The van der Waals surface area contributed by atoms with Crippen LogP contribution in [0.5, 0.6) is 11.6 Å². The normalized spacial score (nSPS) is 10.5. The van der Waals surface area contributed by atoms with Gasteiger partial charge in [-0.2, -0.15) is 4.98 Å². The summed E-state index contributed by atoms with van der Waals surface area (Å²) in [5.41, 5.74) is 4.82. The molecule has 24 heavy (non-hydrogen) atoms. The summed E-state index contributed by atoms with van der Waals surface area (Å²) < 4.78 is 5.50. The summed E-state index contributed by atoms with van der Waals surface area (Å²) in [5.74, 6) is -0.500. The quantitative estimate of drug-likeness (QED) is 0.568. The summed E-state index contributed by atoms with van der Waals surface area (Å²) in [5, 5.41) is 23.0. The molecule has 10 nitrogen and oxygen atoms in total. The molecule has 3 rings (SSSR count). The first kappa shape index (κ1) is 15.1. The standard InChI is InChI=1S/C14H9N5O5/c15-13-12(19(22)23)14(17-7-16-13)24-11-6-5-10(18(20)21)8-3-1-2-4-9(8)11/h1-7H,(H2,15,16,17). The third-order valence-electron chi connectivity index (χ3n) is 3.26. The van der Waals surface area contributed by atoms with E-state index >= 15 is 0 Å². The Bertz CT molecular complexity index is 975. The van der Waals surface area contributed by atoms with Crippen LogP contribution in [0.15, 0.2) is 42.7 Å². The van der Waals surface area contributed by atoms with Gasteiger partial charge in [0.2, 0.25) is 5.82 Å². The second-order valence-electron chi connectivity index (χ2n) is 4.66. The largest absolute Gasteiger partial charge is 0.433 e. The number of ether oxygens (including phenoxy) is 1. The fraction of sp³-hybridized carbons (Fsp3) is 0. The second kappa shape index (κ2) is 5.76. The number of hydrogen-bond donors (Lipinski definition) is 1. The summed E-state index contributed by atoms with van der Waals surface area (Å²) in [6, 6.07) is 9.08. The van der Waals surface area contributed by atoms with Crippen molar-refractivity contribution in [3.63, 3.8) is 0 Å². The van der Waals surface area contributed by atoms with Crippen LogP contribution in [-0.4, -0.2) is 19.8 Å². The van der Waals surface area contributed by atoms with Gasteiger partial charge in [0, 0.05) is 11.5 Å². The van der Waals surface area contributed by atoms with Gasteiger partial charge in [-0.1, -0.05) is 18.2 Å². The number of hydrogen-bond acceptors (Lipinski definition) is 8. The SMILES string of the molecule is Nc1ncnc(Oc2ccc([N+](=O)[O-])c3ccccc23)c1[N+](=O)[O-]. The van der Waals surface area contributed by atoms with Crippen molar-refractivity contribution in [1.29, 1.82) is 0 Å². The van der Waals surface area contributed by atoms with E-state index < -0.39 is 15.5 Å². The van der Waals surface area contributed by atoms with Crippen molar-refractivity contribution < 1.29 is 14.6 Å². The molecule has 1 heterocycles. The van der Waals surface area contributed by atoms with E-state index in [2.05, 4.69) is 9.97 Å². The highest BCUT2D eigenvalue weighted by Gasteiger charge is 2.24. The number of rotatable bonds is 4. The summed E-state index contributed by atoms with van der Waals surface area (Å²) in [6.45, 7) is 0. The van der Waals surface area contributed by atoms with Crippen LogP contribution in [-0.2, 0) is 0 Å². The van der Waals surface area contributed by atoms with Crippen molar-refractivity contribution in [2.45, 2.75) is 0 Å². The first-order valence-electron chi connectivity index (χ1n) is 6.58. The lowest BCUT2D eigenvalue weighted by Gasteiger charge is -2.09. The third-order valence-corrected chi connectivity index (χ3v) is 3.26. The molecular formula is C14H9N5O5. The van der Waals surface area contributed by atoms with Gasteiger partial charge in [-0.15, -0.1) is 0 Å². The predicted octanol–water partition coefficient (Wildman–Crippen LogP) is 2.82. The third kappa shape index (κ3) is 2.52. The smallest absolute Gasteiger partial charge is 0.372 e. The maximum Gasteiger partial charge on any atom is 0.372 e. The average Bonchev–Trinajstić information content (AvgIpc) is 2.54. The van der Waals surface area contributed by atoms with E-state index in [-0.39, 0.29) is 23.1 Å². The molecular weight excluding hydrogens is 318 g/mol. The number of non-ortho nitro benzene ring substituents is 1. The van der Waals surface area contributed by atoms with Gasteiger partial charge >= 0.3 is 11.6 Å². The number of fused-ring (bicyclic) bond motifs is 1. The van der Waals surface area contributed by atoms with E-state index in [0.717, 1.165) is 6.33 Å². The molecule has 0 aliphatic rings. The lowest BCUT2D eigenvalue weighted by Crippen LogP contribution is -2.03. The van der Waals surface area contributed by atoms with Crippen molar-refractivity contribution in [3.05, 3.63) is 63.0 Å². The van der Waals surface area contributed by atoms with E-state index in [1.165, 1.54) is 12.1 Å². The molecule has 0 aliphatic carbocycles. The van der Waals surface area contributed by atoms with Crippen LogP contribution in [0.1, 0.15) is 0 Å². The van der Waals surface area contributed by atoms with Crippen molar-refractivity contribution in [3.8, 4) is 11.6 Å². The van der Waals surface area contributed by atoms with Crippen LogP contribution in [0.25, 0.3) is 10.8 Å². The molecule has 0 saturated carbocycles. The van der Waals surface area contributed by atoms with Crippen LogP contribution in [0.2, 0.25) is 0 Å². The summed E-state index contributed by atoms with van der Waals surface area (Å²) in [6.07, 6.45) is 1.03. The molecule has 1 aromatic heterocycles. The Morgan fingerprint density at radius 2 is 1.67 bits per heavy atom. The summed E-state index contributed by atoms with van der Waals surface area (Å²) in [4.78, 5) is 28.2. The zero-order valence-corrected chi connectivity index (χ0v) is 11.9. The molecule has 10 heteroatoms. The Balaban J connectivity index is 2.16. The summed E-state index contributed by atoms with van der Waals surface area (Å²) in [7, 11) is 0. The van der Waals surface area contributed by atoms with Crippen molar-refractivity contribution in [1.82, 2.24) is 9.97 Å². The highest BCUT2D eigenvalue weighted by atomic mass is 16.6. The minimum atomic E-state index is -0.752. The van der Waals surface area contributed by atoms with E-state index in [9.17, 15) is 20.2 Å².